The Morgan fingerprint density at radius 1 is 1.35 bits per heavy atom. The van der Waals surface area contributed by atoms with Gasteiger partial charge in [0.2, 0.25) is 0 Å². The lowest BCUT2D eigenvalue weighted by atomic mass is 10.2. The number of sulfone groups is 1. The number of ether oxygens (including phenoxy) is 1. The number of halogens is 1. The van der Waals surface area contributed by atoms with Crippen molar-refractivity contribution < 1.29 is 32.2 Å². The van der Waals surface area contributed by atoms with Gasteiger partial charge in [0.1, 0.15) is 19.0 Å². The molecule has 2 saturated heterocycles. The van der Waals surface area contributed by atoms with Crippen LogP contribution in [0.15, 0.2) is 29.3 Å². The number of aliphatic imine (C=N–C) groups is 1. The first-order chi connectivity index (χ1) is 12.2. The molecular formula is C15H15FN2O6S2. The summed E-state index contributed by atoms with van der Waals surface area (Å²) in [6.45, 7) is -1.14. The molecule has 11 heteroatoms. The summed E-state index contributed by atoms with van der Waals surface area (Å²) < 4.78 is 42.2. The van der Waals surface area contributed by atoms with Gasteiger partial charge in [0.25, 0.3) is 5.91 Å². The van der Waals surface area contributed by atoms with Crippen molar-refractivity contribution in [2.45, 2.75) is 11.3 Å². The van der Waals surface area contributed by atoms with Crippen LogP contribution in [0, 0.1) is 5.82 Å². The number of fused-ring (bicyclic) bond motifs is 1. The van der Waals surface area contributed by atoms with Gasteiger partial charge in [-0.05, 0) is 18.2 Å². The average molecular weight is 402 g/mol. The van der Waals surface area contributed by atoms with E-state index in [9.17, 15) is 22.4 Å². The highest BCUT2D eigenvalue weighted by atomic mass is 32.2. The van der Waals surface area contributed by atoms with Gasteiger partial charge in [-0.25, -0.2) is 17.6 Å². The number of hydrogen-bond donors (Lipinski definition) is 1. The summed E-state index contributed by atoms with van der Waals surface area (Å²) in [7, 11) is -3.22. The summed E-state index contributed by atoms with van der Waals surface area (Å²) in [4.78, 5) is 27.8. The van der Waals surface area contributed by atoms with Crippen molar-refractivity contribution in [3.8, 4) is 0 Å². The molecule has 0 unspecified atom stereocenters. The molecule has 2 aliphatic rings. The molecule has 2 aliphatic heterocycles. The maximum Gasteiger partial charge on any atom is 0.329 e. The molecule has 2 fully saturated rings. The molecule has 0 spiro atoms. The number of anilines is 1. The lowest BCUT2D eigenvalue weighted by molar-refractivity contribution is -0.143. The normalized spacial score (nSPS) is 25.4. The summed E-state index contributed by atoms with van der Waals surface area (Å²) in [5.41, 5.74) is 0.403. The molecule has 0 bridgehead atoms. The first-order valence-corrected chi connectivity index (χ1v) is 10.3. The fourth-order valence-corrected chi connectivity index (χ4v) is 6.79. The zero-order chi connectivity index (χ0) is 18.9. The molecule has 1 aromatic carbocycles. The third-order valence-corrected chi connectivity index (χ3v) is 7.03. The number of amides is 1. The Bertz CT molecular complexity index is 873. The minimum atomic E-state index is -3.22. The Balaban J connectivity index is 1.85. The fourth-order valence-electron chi connectivity index (χ4n) is 2.86. The number of benzene rings is 1. The number of amidine groups is 1. The fraction of sp³-hybridized carbons (Fsp3) is 0.400. The second-order valence-electron chi connectivity index (χ2n) is 5.83. The molecule has 2 heterocycles. The summed E-state index contributed by atoms with van der Waals surface area (Å²) in [5, 5.41) is 8.45. The second kappa shape index (κ2) is 7.33. The van der Waals surface area contributed by atoms with E-state index in [0.29, 0.717) is 5.69 Å². The van der Waals surface area contributed by atoms with Crippen LogP contribution in [-0.4, -0.2) is 66.6 Å². The summed E-state index contributed by atoms with van der Waals surface area (Å²) in [5.74, 6) is -2.55. The molecule has 26 heavy (non-hydrogen) atoms. The third kappa shape index (κ3) is 4.22. The van der Waals surface area contributed by atoms with Crippen LogP contribution in [0.2, 0.25) is 0 Å². The van der Waals surface area contributed by atoms with Crippen LogP contribution in [0.3, 0.4) is 0 Å². The van der Waals surface area contributed by atoms with Crippen molar-refractivity contribution in [3.63, 3.8) is 0 Å². The molecule has 0 radical (unpaired) electrons. The maximum atomic E-state index is 13.6. The first kappa shape index (κ1) is 18.8. The van der Waals surface area contributed by atoms with Crippen molar-refractivity contribution in [1.82, 2.24) is 0 Å². The molecule has 2 atom stereocenters. The van der Waals surface area contributed by atoms with Crippen molar-refractivity contribution in [1.29, 1.82) is 0 Å². The lowest BCUT2D eigenvalue weighted by Gasteiger charge is -2.24. The zero-order valence-corrected chi connectivity index (χ0v) is 15.0. The van der Waals surface area contributed by atoms with E-state index in [1.807, 2.05) is 0 Å². The van der Waals surface area contributed by atoms with Gasteiger partial charge in [0.05, 0.1) is 17.5 Å². The standard InChI is InChI=1S/C15H15FN2O6S2/c16-9-2-1-3-10(4-9)18-11-7-26(22,23)8-12(11)25-15(18)17-13(19)5-24-6-14(20)21/h1-4,11-12H,5-8H2,(H,20,21)/t11-,12+/m1/s1. The van der Waals surface area contributed by atoms with Gasteiger partial charge in [-0.3, -0.25) is 4.79 Å². The molecule has 1 N–H and O–H groups in total. The molecule has 1 aromatic rings. The number of carboxylic acid groups (broad SMARTS) is 1. The van der Waals surface area contributed by atoms with Gasteiger partial charge < -0.3 is 14.7 Å². The van der Waals surface area contributed by atoms with Crippen LogP contribution in [0.5, 0.6) is 0 Å². The Morgan fingerprint density at radius 3 is 2.81 bits per heavy atom. The highest BCUT2D eigenvalue weighted by Crippen LogP contribution is 2.41. The molecule has 0 aromatic heterocycles. The number of carbonyl (C=O) groups is 2. The Hall–Kier alpha value is -1.98. The van der Waals surface area contributed by atoms with Crippen molar-refractivity contribution in [2.24, 2.45) is 4.99 Å². The number of hydrogen-bond acceptors (Lipinski definition) is 6. The Morgan fingerprint density at radius 2 is 2.12 bits per heavy atom. The molecule has 0 aliphatic carbocycles. The summed E-state index contributed by atoms with van der Waals surface area (Å²) >= 11 is 1.14. The number of carbonyl (C=O) groups excluding carboxylic acids is 1. The average Bonchev–Trinajstić information content (AvgIpc) is 2.97. The van der Waals surface area contributed by atoms with Crippen LogP contribution >= 0.6 is 11.8 Å². The Labute approximate surface area is 153 Å². The minimum absolute atomic E-state index is 0.0448. The molecule has 140 valence electrons. The SMILES string of the molecule is O=C(O)COCC(=O)N=C1S[C@H]2CS(=O)(=O)C[C@H]2N1c1cccc(F)c1. The molecule has 1 amide bonds. The van der Waals surface area contributed by atoms with Crippen LogP contribution < -0.4 is 4.90 Å². The summed E-state index contributed by atoms with van der Waals surface area (Å²) in [6.07, 6.45) is 0. The van der Waals surface area contributed by atoms with E-state index in [4.69, 9.17) is 9.84 Å². The molecule has 3 rings (SSSR count). The number of carboxylic acids is 1. The van der Waals surface area contributed by atoms with Gasteiger partial charge >= 0.3 is 5.97 Å². The van der Waals surface area contributed by atoms with E-state index in [1.54, 1.807) is 11.0 Å². The van der Waals surface area contributed by atoms with Crippen molar-refractivity contribution >= 4 is 44.3 Å². The topological polar surface area (TPSA) is 113 Å². The second-order valence-corrected chi connectivity index (χ2v) is 9.19. The minimum Gasteiger partial charge on any atom is -0.480 e. The van der Waals surface area contributed by atoms with E-state index in [2.05, 4.69) is 4.99 Å². The van der Waals surface area contributed by atoms with Crippen LogP contribution in [0.1, 0.15) is 0 Å². The lowest BCUT2D eigenvalue weighted by Crippen LogP contribution is -2.37. The molecule has 8 nitrogen and oxygen atoms in total. The third-order valence-electron chi connectivity index (χ3n) is 3.82. The number of aliphatic carboxylic acids is 1. The number of nitrogens with zero attached hydrogens (tertiary/aromatic N) is 2. The van der Waals surface area contributed by atoms with Crippen molar-refractivity contribution in [3.05, 3.63) is 30.1 Å². The van der Waals surface area contributed by atoms with E-state index in [-0.39, 0.29) is 21.9 Å². The van der Waals surface area contributed by atoms with Crippen LogP contribution in [0.25, 0.3) is 0 Å². The number of rotatable bonds is 5. The predicted octanol–water partition coefficient (Wildman–Crippen LogP) is 0.528. The van der Waals surface area contributed by atoms with Crippen LogP contribution in [-0.2, 0) is 24.2 Å². The first-order valence-electron chi connectivity index (χ1n) is 7.58. The van der Waals surface area contributed by atoms with E-state index in [0.717, 1.165) is 11.8 Å². The predicted molar refractivity (Wildman–Crippen MR) is 93.6 cm³/mol. The van der Waals surface area contributed by atoms with Gasteiger partial charge in [0.15, 0.2) is 15.0 Å². The highest BCUT2D eigenvalue weighted by Gasteiger charge is 2.49. The van der Waals surface area contributed by atoms with Gasteiger partial charge in [-0.1, -0.05) is 17.8 Å². The zero-order valence-electron chi connectivity index (χ0n) is 13.4. The van der Waals surface area contributed by atoms with Gasteiger partial charge in [-0.2, -0.15) is 4.99 Å². The monoisotopic (exact) mass is 402 g/mol. The summed E-state index contributed by atoms with van der Waals surface area (Å²) in [6, 6.07) is 5.16. The number of thioether (sulfide) groups is 1. The largest absolute Gasteiger partial charge is 0.480 e. The maximum absolute atomic E-state index is 13.6. The quantitative estimate of drug-likeness (QED) is 0.759. The van der Waals surface area contributed by atoms with Gasteiger partial charge in [0, 0.05) is 10.9 Å². The van der Waals surface area contributed by atoms with E-state index >= 15 is 0 Å². The van der Waals surface area contributed by atoms with E-state index in [1.165, 1.54) is 18.2 Å². The highest BCUT2D eigenvalue weighted by molar-refractivity contribution is 8.16. The molecule has 0 saturated carbocycles. The van der Waals surface area contributed by atoms with Gasteiger partial charge in [-0.15, -0.1) is 0 Å². The Kier molecular flexibility index (Phi) is 5.30. The molecular weight excluding hydrogens is 387 g/mol. The van der Waals surface area contributed by atoms with E-state index < -0.39 is 46.8 Å². The van der Waals surface area contributed by atoms with Crippen LogP contribution in [0.4, 0.5) is 10.1 Å². The van der Waals surface area contributed by atoms with Crippen molar-refractivity contribution in [2.75, 3.05) is 29.6 Å². The smallest absolute Gasteiger partial charge is 0.329 e.